The first-order chi connectivity index (χ1) is 14.1. The number of amides is 2. The Kier molecular flexibility index (Phi) is 5.99. The number of fused-ring (bicyclic) bond motifs is 4. The first-order valence-electron chi connectivity index (χ1n) is 10.8. The van der Waals surface area contributed by atoms with Crippen LogP contribution in [0.5, 0.6) is 0 Å². The third-order valence-corrected chi connectivity index (χ3v) is 6.56. The summed E-state index contributed by atoms with van der Waals surface area (Å²) in [7, 11) is 0. The van der Waals surface area contributed by atoms with Crippen LogP contribution in [0, 0.1) is 18.8 Å². The van der Waals surface area contributed by atoms with Crippen molar-refractivity contribution < 1.29 is 14.3 Å². The van der Waals surface area contributed by atoms with E-state index in [9.17, 15) is 9.59 Å². The van der Waals surface area contributed by atoms with Crippen molar-refractivity contribution in [1.29, 1.82) is 0 Å². The van der Waals surface area contributed by atoms with Crippen LogP contribution in [0.25, 0.3) is 0 Å². The molecule has 4 rings (SSSR count). The van der Waals surface area contributed by atoms with Gasteiger partial charge in [-0.25, -0.2) is 9.97 Å². The van der Waals surface area contributed by atoms with Crippen molar-refractivity contribution in [2.75, 3.05) is 37.7 Å². The number of nitrogens with one attached hydrogen (secondary N) is 1. The van der Waals surface area contributed by atoms with Gasteiger partial charge in [0.25, 0.3) is 0 Å². The van der Waals surface area contributed by atoms with Crippen LogP contribution in [0.2, 0.25) is 0 Å². The second kappa shape index (κ2) is 8.65. The number of anilines is 1. The van der Waals surface area contributed by atoms with Crippen molar-refractivity contribution in [3.63, 3.8) is 0 Å². The summed E-state index contributed by atoms with van der Waals surface area (Å²) in [4.78, 5) is 38.1. The molecule has 4 heterocycles. The van der Waals surface area contributed by atoms with Gasteiger partial charge in [0.15, 0.2) is 0 Å². The SMILES string of the molecule is CCOCC(=O)NC[C@H]1[C@H]2C[C@H](CN(c3cc(C)ncn3)C2)[C@@H]2CCCC(=O)N21. The Balaban J connectivity index is 1.53. The number of hydrogen-bond acceptors (Lipinski definition) is 6. The molecule has 0 aromatic carbocycles. The van der Waals surface area contributed by atoms with E-state index in [1.807, 2.05) is 19.9 Å². The lowest BCUT2D eigenvalue weighted by Gasteiger charge is -2.56. The standard InChI is InChI=1S/C21H31N5O3/c1-3-29-12-20(27)22-9-18-16-8-15(17-5-4-6-21(28)26(17)18)10-25(11-16)19-7-14(2)23-13-24-19/h7,13,15-18H,3-6,8-12H2,1-2H3,(H,22,27)/t15-,16+,17+,18+/m1/s1. The van der Waals surface area contributed by atoms with E-state index in [1.165, 1.54) is 0 Å². The molecular weight excluding hydrogens is 370 g/mol. The monoisotopic (exact) mass is 401 g/mol. The van der Waals surface area contributed by atoms with Gasteiger partial charge in [-0.15, -0.1) is 0 Å². The normalized spacial score (nSPS) is 28.8. The van der Waals surface area contributed by atoms with Gasteiger partial charge in [-0.05, 0) is 44.9 Å². The first-order valence-corrected chi connectivity index (χ1v) is 10.8. The molecule has 2 bridgehead atoms. The van der Waals surface area contributed by atoms with E-state index in [0.717, 1.165) is 43.9 Å². The fourth-order valence-corrected chi connectivity index (χ4v) is 5.30. The summed E-state index contributed by atoms with van der Waals surface area (Å²) in [5.74, 6) is 1.85. The van der Waals surface area contributed by atoms with E-state index >= 15 is 0 Å². The number of carbonyl (C=O) groups excluding carboxylic acids is 2. The zero-order valence-electron chi connectivity index (χ0n) is 17.3. The fraction of sp³-hybridized carbons (Fsp3) is 0.714. The molecule has 0 saturated carbocycles. The van der Waals surface area contributed by atoms with Crippen LogP contribution in [-0.2, 0) is 14.3 Å². The van der Waals surface area contributed by atoms with Crippen LogP contribution in [0.15, 0.2) is 12.4 Å². The number of rotatable bonds is 6. The summed E-state index contributed by atoms with van der Waals surface area (Å²) in [6, 6.07) is 2.32. The summed E-state index contributed by atoms with van der Waals surface area (Å²) in [6.07, 6.45) is 5.34. The summed E-state index contributed by atoms with van der Waals surface area (Å²) in [6.45, 7) is 6.69. The van der Waals surface area contributed by atoms with Gasteiger partial charge in [0.05, 0.1) is 6.04 Å². The van der Waals surface area contributed by atoms with Crippen molar-refractivity contribution in [2.45, 2.75) is 51.6 Å². The number of piperidine rings is 3. The maximum Gasteiger partial charge on any atom is 0.246 e. The Labute approximate surface area is 172 Å². The van der Waals surface area contributed by atoms with Crippen molar-refractivity contribution in [1.82, 2.24) is 20.2 Å². The summed E-state index contributed by atoms with van der Waals surface area (Å²) < 4.78 is 5.22. The first kappa shape index (κ1) is 20.1. The predicted molar refractivity (Wildman–Crippen MR) is 108 cm³/mol. The molecule has 0 unspecified atom stereocenters. The largest absolute Gasteiger partial charge is 0.372 e. The molecule has 1 aromatic heterocycles. The summed E-state index contributed by atoms with van der Waals surface area (Å²) in [5.41, 5.74) is 0.958. The Morgan fingerprint density at radius 1 is 1.31 bits per heavy atom. The molecule has 0 aliphatic carbocycles. The zero-order chi connectivity index (χ0) is 20.4. The maximum absolute atomic E-state index is 12.8. The van der Waals surface area contributed by atoms with Crippen molar-refractivity contribution >= 4 is 17.6 Å². The molecule has 3 aliphatic heterocycles. The van der Waals surface area contributed by atoms with E-state index < -0.39 is 0 Å². The van der Waals surface area contributed by atoms with Gasteiger partial charge in [0.1, 0.15) is 18.8 Å². The number of nitrogens with zero attached hydrogens (tertiary/aromatic N) is 4. The molecule has 3 saturated heterocycles. The van der Waals surface area contributed by atoms with Crippen LogP contribution >= 0.6 is 0 Å². The van der Waals surface area contributed by atoms with Gasteiger partial charge < -0.3 is 19.9 Å². The lowest BCUT2D eigenvalue weighted by molar-refractivity contribution is -0.149. The number of aryl methyl sites for hydroxylation is 1. The lowest BCUT2D eigenvalue weighted by Crippen LogP contribution is -2.67. The van der Waals surface area contributed by atoms with Crippen LogP contribution in [0.4, 0.5) is 5.82 Å². The van der Waals surface area contributed by atoms with Crippen LogP contribution in [0.1, 0.15) is 38.3 Å². The average molecular weight is 402 g/mol. The van der Waals surface area contributed by atoms with E-state index in [-0.39, 0.29) is 30.5 Å². The number of ether oxygens (including phenoxy) is 1. The minimum Gasteiger partial charge on any atom is -0.372 e. The molecule has 2 amide bonds. The molecule has 0 radical (unpaired) electrons. The predicted octanol–water partition coefficient (Wildman–Crippen LogP) is 1.14. The Bertz CT molecular complexity index is 758. The van der Waals surface area contributed by atoms with E-state index in [1.54, 1.807) is 6.33 Å². The molecule has 3 aliphatic rings. The third-order valence-electron chi connectivity index (χ3n) is 6.56. The smallest absolute Gasteiger partial charge is 0.246 e. The third kappa shape index (κ3) is 4.22. The van der Waals surface area contributed by atoms with Gasteiger partial charge in [-0.3, -0.25) is 9.59 Å². The van der Waals surface area contributed by atoms with Crippen molar-refractivity contribution in [2.24, 2.45) is 11.8 Å². The topological polar surface area (TPSA) is 87.7 Å². The molecule has 8 heteroatoms. The van der Waals surface area contributed by atoms with Gasteiger partial charge in [0, 0.05) is 50.5 Å². The zero-order valence-corrected chi connectivity index (χ0v) is 17.3. The number of carbonyl (C=O) groups is 2. The molecule has 8 nitrogen and oxygen atoms in total. The quantitative estimate of drug-likeness (QED) is 0.769. The molecule has 4 atom stereocenters. The Morgan fingerprint density at radius 3 is 2.93 bits per heavy atom. The van der Waals surface area contributed by atoms with Gasteiger partial charge in [-0.2, -0.15) is 0 Å². The summed E-state index contributed by atoms with van der Waals surface area (Å²) >= 11 is 0. The lowest BCUT2D eigenvalue weighted by atomic mass is 9.72. The molecule has 1 aromatic rings. The molecule has 3 fully saturated rings. The molecular formula is C21H31N5O3. The van der Waals surface area contributed by atoms with Gasteiger partial charge in [0.2, 0.25) is 11.8 Å². The second-order valence-electron chi connectivity index (χ2n) is 8.45. The van der Waals surface area contributed by atoms with E-state index in [2.05, 4.69) is 25.1 Å². The number of aromatic nitrogens is 2. The molecule has 158 valence electrons. The molecule has 29 heavy (non-hydrogen) atoms. The van der Waals surface area contributed by atoms with Crippen LogP contribution in [0.3, 0.4) is 0 Å². The Morgan fingerprint density at radius 2 is 2.14 bits per heavy atom. The van der Waals surface area contributed by atoms with Crippen LogP contribution in [-0.4, -0.2) is 71.6 Å². The average Bonchev–Trinajstić information content (AvgIpc) is 2.72. The highest BCUT2D eigenvalue weighted by Gasteiger charge is 2.49. The van der Waals surface area contributed by atoms with Gasteiger partial charge >= 0.3 is 0 Å². The van der Waals surface area contributed by atoms with Crippen molar-refractivity contribution in [3.8, 4) is 0 Å². The highest BCUT2D eigenvalue weighted by atomic mass is 16.5. The van der Waals surface area contributed by atoms with Crippen LogP contribution < -0.4 is 10.2 Å². The van der Waals surface area contributed by atoms with E-state index in [0.29, 0.717) is 31.4 Å². The van der Waals surface area contributed by atoms with Crippen molar-refractivity contribution in [3.05, 3.63) is 18.1 Å². The van der Waals surface area contributed by atoms with Gasteiger partial charge in [-0.1, -0.05) is 0 Å². The maximum atomic E-state index is 12.8. The Hall–Kier alpha value is -2.22. The fourth-order valence-electron chi connectivity index (χ4n) is 5.30. The molecule has 1 N–H and O–H groups in total. The highest BCUT2D eigenvalue weighted by molar-refractivity contribution is 5.79. The second-order valence-corrected chi connectivity index (χ2v) is 8.45. The summed E-state index contributed by atoms with van der Waals surface area (Å²) in [5, 5.41) is 3.01. The molecule has 0 spiro atoms. The van der Waals surface area contributed by atoms with E-state index in [4.69, 9.17) is 4.74 Å². The minimum absolute atomic E-state index is 0.0281. The number of hydrogen-bond donors (Lipinski definition) is 1. The minimum atomic E-state index is -0.117. The highest BCUT2D eigenvalue weighted by Crippen LogP contribution is 2.42.